The van der Waals surface area contributed by atoms with Crippen molar-refractivity contribution in [3.63, 3.8) is 0 Å². The molecule has 0 amide bonds. The van der Waals surface area contributed by atoms with E-state index in [-0.39, 0.29) is 34.1 Å². The molecule has 4 bridgehead atoms. The van der Waals surface area contributed by atoms with Crippen LogP contribution in [0.1, 0.15) is 86.1 Å². The van der Waals surface area contributed by atoms with Gasteiger partial charge in [0.05, 0.1) is 48.0 Å². The summed E-state index contributed by atoms with van der Waals surface area (Å²) in [7, 11) is 1.39. The molecule has 13 heteroatoms. The molecular weight excluding hydrogens is 701 g/mol. The largest absolute Gasteiger partial charge is 0.464 e. The zero-order valence-corrected chi connectivity index (χ0v) is 32.6. The summed E-state index contributed by atoms with van der Waals surface area (Å²) in [5, 5.41) is 28.4. The average molecular weight is 749 g/mol. The van der Waals surface area contributed by atoms with Crippen LogP contribution in [0.2, 0.25) is 0 Å². The third kappa shape index (κ3) is 5.86. The van der Waals surface area contributed by atoms with Crippen LogP contribution in [-0.4, -0.2) is 73.5 Å². The Balaban J connectivity index is 1.08. The Hall–Kier alpha value is -4.46. The zero-order valence-electron chi connectivity index (χ0n) is 31.7. The molecule has 4 saturated carbocycles. The van der Waals surface area contributed by atoms with E-state index in [0.717, 1.165) is 101 Å². The smallest absolute Gasteiger partial charge is 0.357 e. The number of rotatable bonds is 10. The highest BCUT2D eigenvalue weighted by Gasteiger charge is 2.66. The van der Waals surface area contributed by atoms with E-state index in [0.29, 0.717) is 24.5 Å². The molecule has 2 atom stereocenters. The summed E-state index contributed by atoms with van der Waals surface area (Å²) in [6, 6.07) is 10.0. The molecule has 12 nitrogen and oxygen atoms in total. The van der Waals surface area contributed by atoms with E-state index in [1.807, 2.05) is 30.5 Å². The number of aliphatic hydroxyl groups is 1. The molecule has 4 aromatic heterocycles. The Bertz CT molecular complexity index is 2230. The van der Waals surface area contributed by atoms with Crippen LogP contribution in [-0.2, 0) is 22.4 Å². The van der Waals surface area contributed by atoms with E-state index in [1.54, 1.807) is 17.5 Å². The highest BCUT2D eigenvalue weighted by molar-refractivity contribution is 7.22. The van der Waals surface area contributed by atoms with Gasteiger partial charge in [-0.2, -0.15) is 5.10 Å². The van der Waals surface area contributed by atoms with Gasteiger partial charge in [-0.3, -0.25) is 4.68 Å². The van der Waals surface area contributed by atoms with Gasteiger partial charge in [0.15, 0.2) is 22.5 Å². The number of carbonyl (C=O) groups excluding carboxylic acids is 1. The summed E-state index contributed by atoms with van der Waals surface area (Å²) in [6.45, 7) is 10.9. The Labute approximate surface area is 319 Å². The van der Waals surface area contributed by atoms with Gasteiger partial charge in [0, 0.05) is 47.2 Å². The maximum atomic E-state index is 13.4. The van der Waals surface area contributed by atoms with E-state index >= 15 is 0 Å². The third-order valence-corrected chi connectivity index (χ3v) is 13.5. The SMILES string of the molecule is COC(=O)c1nccc(N2CCCc3c2nnc(Nc2nc4ccccc4s2)c3C)c1-c1cnn(CC23CC4(C)CC(C)(C2)CC(OCCO)(C4)C3)c1C. The molecule has 2 unspecified atom stereocenters. The molecule has 1 aromatic carbocycles. The number of hydrogen-bond acceptors (Lipinski definition) is 12. The van der Waals surface area contributed by atoms with E-state index in [1.165, 1.54) is 13.5 Å². The van der Waals surface area contributed by atoms with Crippen LogP contribution in [0.4, 0.5) is 22.5 Å². The first-order valence-electron chi connectivity index (χ1n) is 19.1. The normalized spacial score (nSPS) is 27.0. The Morgan fingerprint density at radius 3 is 2.59 bits per heavy atom. The summed E-state index contributed by atoms with van der Waals surface area (Å²) < 4.78 is 15.1. The number of para-hydroxylation sites is 1. The number of thiazole rings is 1. The van der Waals surface area contributed by atoms with Crippen LogP contribution >= 0.6 is 11.3 Å². The van der Waals surface area contributed by atoms with Crippen molar-refractivity contribution in [1.29, 1.82) is 0 Å². The summed E-state index contributed by atoms with van der Waals surface area (Å²) in [4.78, 5) is 24.9. The van der Waals surface area contributed by atoms with E-state index in [2.05, 4.69) is 58.7 Å². The zero-order chi connectivity index (χ0) is 37.5. The number of nitrogens with one attached hydrogen (secondary N) is 1. The van der Waals surface area contributed by atoms with Gasteiger partial charge in [-0.25, -0.2) is 14.8 Å². The fraction of sp³-hybridized carbons (Fsp3) is 0.512. The van der Waals surface area contributed by atoms with Gasteiger partial charge in [-0.1, -0.05) is 37.3 Å². The van der Waals surface area contributed by atoms with Gasteiger partial charge < -0.3 is 24.8 Å². The van der Waals surface area contributed by atoms with Crippen LogP contribution in [0.25, 0.3) is 21.3 Å². The van der Waals surface area contributed by atoms with Crippen LogP contribution in [0.5, 0.6) is 0 Å². The highest BCUT2D eigenvalue weighted by Crippen LogP contribution is 2.72. The minimum atomic E-state index is -0.501. The van der Waals surface area contributed by atoms with Gasteiger partial charge in [0.25, 0.3) is 0 Å². The molecule has 5 heterocycles. The van der Waals surface area contributed by atoms with Crippen LogP contribution in [0.3, 0.4) is 0 Å². The lowest BCUT2D eigenvalue weighted by Crippen LogP contribution is -2.64. The second-order valence-electron chi connectivity index (χ2n) is 17.1. The summed E-state index contributed by atoms with van der Waals surface area (Å²) in [5.41, 5.74) is 6.81. The number of esters is 1. The molecule has 0 spiro atoms. The van der Waals surface area contributed by atoms with Gasteiger partial charge in [-0.05, 0) is 99.7 Å². The quantitative estimate of drug-likeness (QED) is 0.136. The van der Waals surface area contributed by atoms with Crippen molar-refractivity contribution in [2.75, 3.05) is 37.1 Å². The van der Waals surface area contributed by atoms with Crippen molar-refractivity contribution < 1.29 is 19.4 Å². The minimum absolute atomic E-state index is 0.0146. The summed E-state index contributed by atoms with van der Waals surface area (Å²) in [6.07, 6.45) is 11.8. The first-order valence-corrected chi connectivity index (χ1v) is 19.9. The Morgan fingerprint density at radius 1 is 1.04 bits per heavy atom. The fourth-order valence-electron chi connectivity index (χ4n) is 11.7. The molecule has 2 N–H and O–H groups in total. The van der Waals surface area contributed by atoms with Crippen LogP contribution in [0, 0.1) is 30.1 Å². The van der Waals surface area contributed by atoms with Gasteiger partial charge in [-0.15, -0.1) is 10.2 Å². The number of nitrogens with zero attached hydrogens (tertiary/aromatic N) is 7. The van der Waals surface area contributed by atoms with Crippen LogP contribution in [0.15, 0.2) is 42.7 Å². The second-order valence-corrected chi connectivity index (χ2v) is 18.2. The number of aromatic nitrogens is 6. The molecule has 4 aliphatic carbocycles. The molecule has 5 aromatic rings. The second kappa shape index (κ2) is 12.8. The summed E-state index contributed by atoms with van der Waals surface area (Å²) >= 11 is 1.59. The van der Waals surface area contributed by atoms with E-state index in [4.69, 9.17) is 24.7 Å². The number of carbonyl (C=O) groups is 1. The number of methoxy groups -OCH3 is 1. The number of fused-ring (bicyclic) bond motifs is 2. The number of pyridine rings is 1. The molecule has 4 fully saturated rings. The first-order chi connectivity index (χ1) is 25.9. The third-order valence-electron chi connectivity index (χ3n) is 12.5. The number of ether oxygens (including phenoxy) is 2. The van der Waals surface area contributed by atoms with Crippen molar-refractivity contribution in [2.45, 2.75) is 91.2 Å². The van der Waals surface area contributed by atoms with Crippen molar-refractivity contribution in [2.24, 2.45) is 16.2 Å². The molecular formula is C41H48N8O4S. The molecule has 10 rings (SSSR count). The average Bonchev–Trinajstić information content (AvgIpc) is 3.71. The monoisotopic (exact) mass is 748 g/mol. The van der Waals surface area contributed by atoms with Crippen LogP contribution < -0.4 is 10.2 Å². The maximum Gasteiger partial charge on any atom is 0.357 e. The van der Waals surface area contributed by atoms with Crippen molar-refractivity contribution in [3.05, 3.63) is 65.2 Å². The van der Waals surface area contributed by atoms with Gasteiger partial charge in [0.2, 0.25) is 0 Å². The van der Waals surface area contributed by atoms with Crippen molar-refractivity contribution >= 4 is 50.0 Å². The molecule has 0 saturated heterocycles. The maximum absolute atomic E-state index is 13.4. The molecule has 54 heavy (non-hydrogen) atoms. The fourth-order valence-corrected chi connectivity index (χ4v) is 12.6. The van der Waals surface area contributed by atoms with Crippen molar-refractivity contribution in [3.8, 4) is 11.1 Å². The topological polar surface area (TPSA) is 140 Å². The lowest BCUT2D eigenvalue weighted by Gasteiger charge is -2.69. The lowest BCUT2D eigenvalue weighted by molar-refractivity contribution is -0.250. The van der Waals surface area contributed by atoms with Gasteiger partial charge in [0.1, 0.15) is 0 Å². The Morgan fingerprint density at radius 2 is 1.83 bits per heavy atom. The predicted octanol–water partition coefficient (Wildman–Crippen LogP) is 7.70. The molecule has 5 aliphatic rings. The number of aliphatic hydroxyl groups excluding tert-OH is 1. The van der Waals surface area contributed by atoms with Gasteiger partial charge >= 0.3 is 5.97 Å². The lowest BCUT2D eigenvalue weighted by atomic mass is 9.39. The highest BCUT2D eigenvalue weighted by atomic mass is 32.1. The first kappa shape index (κ1) is 35.3. The molecule has 1 aliphatic heterocycles. The van der Waals surface area contributed by atoms with E-state index < -0.39 is 5.97 Å². The minimum Gasteiger partial charge on any atom is -0.464 e. The molecule has 0 radical (unpaired) electrons. The number of benzene rings is 1. The number of anilines is 4. The standard InChI is InChI=1S/C41H48N8O4S/c1-25-27-9-8-14-48(35(27)47-46-34(25)45-37-44-29-10-6-7-11-31(29)54-37)30-12-13-42-33(36(51)52-5)32(30)28-17-43-49(26(28)2)24-40-19-38(3)18-39(4,20-40)22-41(21-38,23-40)53-16-15-50/h6-7,10-13,17,50H,8-9,14-16,18-24H2,1-5H3,(H,44,45,46). The van der Waals surface area contributed by atoms with Crippen molar-refractivity contribution in [1.82, 2.24) is 29.9 Å². The predicted molar refractivity (Wildman–Crippen MR) is 209 cm³/mol. The number of hydrogen-bond donors (Lipinski definition) is 2. The Kier molecular flexibility index (Phi) is 8.36. The molecule has 282 valence electrons. The summed E-state index contributed by atoms with van der Waals surface area (Å²) in [5.74, 6) is 0.955. The van der Waals surface area contributed by atoms with E-state index in [9.17, 15) is 9.90 Å².